The summed E-state index contributed by atoms with van der Waals surface area (Å²) in [5.41, 5.74) is 5.32. The molecule has 1 aliphatic carbocycles. The predicted molar refractivity (Wildman–Crippen MR) is 76.4 cm³/mol. The number of amides is 1. The SMILES string of the molecule is Cl.NCC1(NC(=O)c2cc(Cl)ccc2F)CCCC1. The minimum absolute atomic E-state index is 0. The molecule has 6 heteroatoms. The first kappa shape index (κ1) is 16.2. The maximum absolute atomic E-state index is 13.6. The number of carbonyl (C=O) groups is 1. The lowest BCUT2D eigenvalue weighted by molar-refractivity contribution is 0.0899. The molecule has 1 aromatic carbocycles. The van der Waals surface area contributed by atoms with Crippen molar-refractivity contribution < 1.29 is 9.18 Å². The number of nitrogens with two attached hydrogens (primary N) is 1. The van der Waals surface area contributed by atoms with Crippen LogP contribution in [0.25, 0.3) is 0 Å². The van der Waals surface area contributed by atoms with Crippen LogP contribution in [-0.4, -0.2) is 18.0 Å². The van der Waals surface area contributed by atoms with Crippen LogP contribution in [-0.2, 0) is 0 Å². The van der Waals surface area contributed by atoms with Crippen molar-refractivity contribution in [3.63, 3.8) is 0 Å². The van der Waals surface area contributed by atoms with E-state index >= 15 is 0 Å². The highest BCUT2D eigenvalue weighted by atomic mass is 35.5. The highest BCUT2D eigenvalue weighted by Crippen LogP contribution is 2.29. The van der Waals surface area contributed by atoms with E-state index in [1.54, 1.807) is 0 Å². The minimum atomic E-state index is -0.568. The summed E-state index contributed by atoms with van der Waals surface area (Å²) in [6.07, 6.45) is 3.76. The monoisotopic (exact) mass is 306 g/mol. The van der Waals surface area contributed by atoms with Crippen LogP contribution in [0.1, 0.15) is 36.0 Å². The fraction of sp³-hybridized carbons (Fsp3) is 0.462. The average molecular weight is 307 g/mol. The molecule has 106 valence electrons. The molecule has 1 fully saturated rings. The van der Waals surface area contributed by atoms with Crippen LogP contribution in [0.2, 0.25) is 5.02 Å². The topological polar surface area (TPSA) is 55.1 Å². The van der Waals surface area contributed by atoms with Crippen molar-refractivity contribution >= 4 is 29.9 Å². The lowest BCUT2D eigenvalue weighted by atomic mass is 9.97. The van der Waals surface area contributed by atoms with E-state index < -0.39 is 11.7 Å². The molecule has 0 heterocycles. The normalized spacial score (nSPS) is 16.8. The van der Waals surface area contributed by atoms with E-state index in [9.17, 15) is 9.18 Å². The van der Waals surface area contributed by atoms with Crippen molar-refractivity contribution in [1.82, 2.24) is 5.32 Å². The Morgan fingerprint density at radius 1 is 1.42 bits per heavy atom. The van der Waals surface area contributed by atoms with Gasteiger partial charge in [-0.15, -0.1) is 12.4 Å². The van der Waals surface area contributed by atoms with Gasteiger partial charge in [0.25, 0.3) is 5.91 Å². The highest BCUT2D eigenvalue weighted by molar-refractivity contribution is 6.31. The molecule has 0 aliphatic heterocycles. The van der Waals surface area contributed by atoms with Gasteiger partial charge in [-0.2, -0.15) is 0 Å². The van der Waals surface area contributed by atoms with Gasteiger partial charge in [0, 0.05) is 11.6 Å². The van der Waals surface area contributed by atoms with Crippen molar-refractivity contribution in [1.29, 1.82) is 0 Å². The summed E-state index contributed by atoms with van der Waals surface area (Å²) >= 11 is 5.77. The first-order valence-corrected chi connectivity index (χ1v) is 6.42. The number of rotatable bonds is 3. The predicted octanol–water partition coefficient (Wildman–Crippen LogP) is 2.90. The van der Waals surface area contributed by atoms with Crippen LogP contribution >= 0.6 is 24.0 Å². The van der Waals surface area contributed by atoms with Crippen LogP contribution in [0.5, 0.6) is 0 Å². The van der Waals surface area contributed by atoms with Crippen molar-refractivity contribution in [2.24, 2.45) is 5.73 Å². The molecule has 0 atom stereocenters. The number of benzene rings is 1. The average Bonchev–Trinajstić information content (AvgIpc) is 2.81. The zero-order valence-corrected chi connectivity index (χ0v) is 12.0. The molecular formula is C13H17Cl2FN2O. The zero-order chi connectivity index (χ0) is 13.2. The van der Waals surface area contributed by atoms with Crippen molar-refractivity contribution in [2.75, 3.05) is 6.54 Å². The van der Waals surface area contributed by atoms with Gasteiger partial charge in [0.15, 0.2) is 0 Å². The van der Waals surface area contributed by atoms with E-state index in [0.29, 0.717) is 11.6 Å². The molecule has 3 N–H and O–H groups in total. The smallest absolute Gasteiger partial charge is 0.254 e. The van der Waals surface area contributed by atoms with Crippen LogP contribution < -0.4 is 11.1 Å². The number of carbonyl (C=O) groups excluding carboxylic acids is 1. The molecule has 0 unspecified atom stereocenters. The summed E-state index contributed by atoms with van der Waals surface area (Å²) in [6.45, 7) is 0.376. The Morgan fingerprint density at radius 2 is 2.05 bits per heavy atom. The lowest BCUT2D eigenvalue weighted by Crippen LogP contribution is -2.51. The molecule has 3 nitrogen and oxygen atoms in total. The van der Waals surface area contributed by atoms with Gasteiger partial charge in [0.1, 0.15) is 5.82 Å². The third-order valence-corrected chi connectivity index (χ3v) is 3.74. The lowest BCUT2D eigenvalue weighted by Gasteiger charge is -2.28. The summed E-state index contributed by atoms with van der Waals surface area (Å²) in [5, 5.41) is 3.21. The third-order valence-electron chi connectivity index (χ3n) is 3.50. The first-order chi connectivity index (χ1) is 8.56. The van der Waals surface area contributed by atoms with Gasteiger partial charge < -0.3 is 11.1 Å². The standard InChI is InChI=1S/C13H16ClFN2O.ClH/c14-9-3-4-11(15)10(7-9)12(18)17-13(8-16)5-1-2-6-13;/h3-4,7H,1-2,5-6,8,16H2,(H,17,18);1H. The second-order valence-electron chi connectivity index (χ2n) is 4.77. The van der Waals surface area contributed by atoms with Gasteiger partial charge >= 0.3 is 0 Å². The highest BCUT2D eigenvalue weighted by Gasteiger charge is 2.34. The number of nitrogens with one attached hydrogen (secondary N) is 1. The van der Waals surface area contributed by atoms with Crippen LogP contribution in [0.15, 0.2) is 18.2 Å². The van der Waals surface area contributed by atoms with Gasteiger partial charge in [0.2, 0.25) is 0 Å². The summed E-state index contributed by atoms with van der Waals surface area (Å²) in [5.74, 6) is -1.01. The van der Waals surface area contributed by atoms with Gasteiger partial charge in [0.05, 0.1) is 11.1 Å². The minimum Gasteiger partial charge on any atom is -0.345 e. The van der Waals surface area contributed by atoms with E-state index in [1.807, 2.05) is 0 Å². The Labute approximate surface area is 123 Å². The van der Waals surface area contributed by atoms with E-state index in [4.69, 9.17) is 17.3 Å². The fourth-order valence-electron chi connectivity index (χ4n) is 2.41. The molecule has 0 radical (unpaired) electrons. The Morgan fingerprint density at radius 3 is 2.63 bits per heavy atom. The van der Waals surface area contributed by atoms with E-state index in [2.05, 4.69) is 5.32 Å². The van der Waals surface area contributed by atoms with Crippen LogP contribution in [0, 0.1) is 5.82 Å². The molecule has 0 saturated heterocycles. The first-order valence-electron chi connectivity index (χ1n) is 6.04. The summed E-state index contributed by atoms with van der Waals surface area (Å²) in [4.78, 5) is 12.1. The maximum Gasteiger partial charge on any atom is 0.254 e. The molecule has 1 saturated carbocycles. The quantitative estimate of drug-likeness (QED) is 0.902. The summed E-state index contributed by atoms with van der Waals surface area (Å²) in [7, 11) is 0. The fourth-order valence-corrected chi connectivity index (χ4v) is 2.58. The van der Waals surface area contributed by atoms with E-state index in [1.165, 1.54) is 18.2 Å². The number of halogens is 3. The largest absolute Gasteiger partial charge is 0.345 e. The Bertz CT molecular complexity index is 462. The molecule has 0 aromatic heterocycles. The Kier molecular flexibility index (Phi) is 5.59. The van der Waals surface area contributed by atoms with E-state index in [0.717, 1.165) is 25.7 Å². The second kappa shape index (κ2) is 6.55. The van der Waals surface area contributed by atoms with E-state index in [-0.39, 0.29) is 23.5 Å². The molecule has 0 bridgehead atoms. The van der Waals surface area contributed by atoms with Gasteiger partial charge in [-0.05, 0) is 31.0 Å². The van der Waals surface area contributed by atoms with Crippen molar-refractivity contribution in [3.8, 4) is 0 Å². The molecule has 2 rings (SSSR count). The molecule has 0 spiro atoms. The van der Waals surface area contributed by atoms with Crippen molar-refractivity contribution in [3.05, 3.63) is 34.6 Å². The molecule has 1 aromatic rings. The second-order valence-corrected chi connectivity index (χ2v) is 5.21. The summed E-state index contributed by atoms with van der Waals surface area (Å²) in [6, 6.07) is 3.95. The molecule has 19 heavy (non-hydrogen) atoms. The Balaban J connectivity index is 0.00000180. The Hall–Kier alpha value is -0.840. The zero-order valence-electron chi connectivity index (χ0n) is 10.4. The van der Waals surface area contributed by atoms with Crippen molar-refractivity contribution in [2.45, 2.75) is 31.2 Å². The number of hydrogen-bond donors (Lipinski definition) is 2. The molecule has 1 amide bonds. The summed E-state index contributed by atoms with van der Waals surface area (Å²) < 4.78 is 13.6. The molecular weight excluding hydrogens is 290 g/mol. The maximum atomic E-state index is 13.6. The van der Waals surface area contributed by atoms with Gasteiger partial charge in [-0.25, -0.2) is 4.39 Å². The molecule has 1 aliphatic rings. The van der Waals surface area contributed by atoms with Gasteiger partial charge in [-0.1, -0.05) is 24.4 Å². The third kappa shape index (κ3) is 3.59. The van der Waals surface area contributed by atoms with Crippen LogP contribution in [0.3, 0.4) is 0 Å². The van der Waals surface area contributed by atoms with Gasteiger partial charge in [-0.3, -0.25) is 4.79 Å². The van der Waals surface area contributed by atoms with Crippen LogP contribution in [0.4, 0.5) is 4.39 Å². The number of hydrogen-bond acceptors (Lipinski definition) is 2.